The molecule has 0 spiro atoms. The molecular formula is C12H17N5O. The van der Waals surface area contributed by atoms with Crippen LogP contribution in [0.5, 0.6) is 0 Å². The number of hydrogen-bond acceptors (Lipinski definition) is 5. The first-order valence-electron chi connectivity index (χ1n) is 6.25. The van der Waals surface area contributed by atoms with E-state index in [1.54, 1.807) is 6.20 Å². The first-order valence-corrected chi connectivity index (χ1v) is 6.25. The first kappa shape index (κ1) is 11.4. The average molecular weight is 247 g/mol. The highest BCUT2D eigenvalue weighted by Gasteiger charge is 2.31. The van der Waals surface area contributed by atoms with Crippen molar-refractivity contribution in [2.75, 3.05) is 0 Å². The predicted octanol–water partition coefficient (Wildman–Crippen LogP) is 1.28. The average Bonchev–Trinajstić information content (AvgIpc) is 3.01. The summed E-state index contributed by atoms with van der Waals surface area (Å²) in [6, 6.07) is 0. The maximum atomic E-state index is 6.30. The third-order valence-electron chi connectivity index (χ3n) is 3.59. The standard InChI is InChI=1S/C12H17N5O/c1-17-7-6-14-11(17)10-15-9(18-16-10)8-12(13)4-2-3-5-12/h6-7H,2-5,8,13H2,1H3. The number of nitrogens with two attached hydrogens (primary N) is 1. The van der Waals surface area contributed by atoms with Gasteiger partial charge in [-0.2, -0.15) is 4.98 Å². The Balaban J connectivity index is 1.80. The molecule has 3 rings (SSSR count). The molecule has 0 unspecified atom stereocenters. The Kier molecular flexibility index (Phi) is 2.66. The van der Waals surface area contributed by atoms with Gasteiger partial charge in [0.1, 0.15) is 0 Å². The van der Waals surface area contributed by atoms with Crippen molar-refractivity contribution in [3.05, 3.63) is 18.3 Å². The number of hydrogen-bond donors (Lipinski definition) is 1. The number of imidazole rings is 1. The summed E-state index contributed by atoms with van der Waals surface area (Å²) >= 11 is 0. The molecule has 1 aliphatic rings. The summed E-state index contributed by atoms with van der Waals surface area (Å²) < 4.78 is 7.14. The minimum absolute atomic E-state index is 0.161. The molecule has 96 valence electrons. The lowest BCUT2D eigenvalue weighted by atomic mass is 9.95. The van der Waals surface area contributed by atoms with E-state index >= 15 is 0 Å². The van der Waals surface area contributed by atoms with Crippen molar-refractivity contribution in [3.63, 3.8) is 0 Å². The predicted molar refractivity (Wildman–Crippen MR) is 65.6 cm³/mol. The van der Waals surface area contributed by atoms with E-state index in [0.717, 1.165) is 12.8 Å². The third-order valence-corrected chi connectivity index (χ3v) is 3.59. The van der Waals surface area contributed by atoms with Gasteiger partial charge >= 0.3 is 0 Å². The number of aryl methyl sites for hydroxylation is 1. The van der Waals surface area contributed by atoms with Crippen molar-refractivity contribution in [2.45, 2.75) is 37.6 Å². The van der Waals surface area contributed by atoms with Gasteiger partial charge in [-0.3, -0.25) is 0 Å². The topological polar surface area (TPSA) is 82.8 Å². The number of aromatic nitrogens is 4. The van der Waals surface area contributed by atoms with Crippen molar-refractivity contribution in [3.8, 4) is 11.6 Å². The molecule has 1 aliphatic carbocycles. The Morgan fingerprint density at radius 2 is 2.22 bits per heavy atom. The van der Waals surface area contributed by atoms with Crippen LogP contribution in [-0.2, 0) is 13.5 Å². The van der Waals surface area contributed by atoms with Crippen molar-refractivity contribution in [1.29, 1.82) is 0 Å². The van der Waals surface area contributed by atoms with E-state index in [-0.39, 0.29) is 5.54 Å². The Morgan fingerprint density at radius 1 is 1.44 bits per heavy atom. The molecule has 6 nitrogen and oxygen atoms in total. The van der Waals surface area contributed by atoms with E-state index in [1.807, 2.05) is 17.8 Å². The Bertz CT molecular complexity index is 538. The van der Waals surface area contributed by atoms with E-state index in [4.69, 9.17) is 10.3 Å². The van der Waals surface area contributed by atoms with E-state index in [2.05, 4.69) is 15.1 Å². The van der Waals surface area contributed by atoms with Gasteiger partial charge < -0.3 is 14.8 Å². The van der Waals surface area contributed by atoms with Crippen molar-refractivity contribution in [1.82, 2.24) is 19.7 Å². The summed E-state index contributed by atoms with van der Waals surface area (Å²) in [7, 11) is 1.90. The third kappa shape index (κ3) is 2.03. The minimum atomic E-state index is -0.161. The van der Waals surface area contributed by atoms with Crippen LogP contribution in [0.2, 0.25) is 0 Å². The zero-order valence-electron chi connectivity index (χ0n) is 10.5. The van der Waals surface area contributed by atoms with E-state index in [9.17, 15) is 0 Å². The molecule has 0 aromatic carbocycles. The molecular weight excluding hydrogens is 230 g/mol. The van der Waals surface area contributed by atoms with E-state index < -0.39 is 0 Å². The van der Waals surface area contributed by atoms with Crippen LogP contribution < -0.4 is 5.73 Å². The normalized spacial score (nSPS) is 18.3. The highest BCUT2D eigenvalue weighted by atomic mass is 16.5. The lowest BCUT2D eigenvalue weighted by molar-refractivity contribution is 0.329. The van der Waals surface area contributed by atoms with Gasteiger partial charge in [-0.1, -0.05) is 18.0 Å². The lowest BCUT2D eigenvalue weighted by Crippen LogP contribution is -2.38. The molecule has 0 atom stereocenters. The largest absolute Gasteiger partial charge is 0.339 e. The summed E-state index contributed by atoms with van der Waals surface area (Å²) in [6.07, 6.45) is 8.68. The second kappa shape index (κ2) is 4.20. The van der Waals surface area contributed by atoms with Crippen LogP contribution in [0.15, 0.2) is 16.9 Å². The number of nitrogens with zero attached hydrogens (tertiary/aromatic N) is 4. The SMILES string of the molecule is Cn1ccnc1-c1noc(CC2(N)CCCC2)n1. The fourth-order valence-corrected chi connectivity index (χ4v) is 2.56. The van der Waals surface area contributed by atoms with Gasteiger partial charge in [0.25, 0.3) is 0 Å². The summed E-state index contributed by atoms with van der Waals surface area (Å²) in [6.45, 7) is 0. The highest BCUT2D eigenvalue weighted by molar-refractivity contribution is 5.42. The Morgan fingerprint density at radius 3 is 2.89 bits per heavy atom. The van der Waals surface area contributed by atoms with Crippen molar-refractivity contribution < 1.29 is 4.52 Å². The van der Waals surface area contributed by atoms with Crippen LogP contribution in [0.1, 0.15) is 31.6 Å². The van der Waals surface area contributed by atoms with Gasteiger partial charge in [0.15, 0.2) is 5.82 Å². The quantitative estimate of drug-likeness (QED) is 0.883. The molecule has 0 saturated heterocycles. The molecule has 2 N–H and O–H groups in total. The van der Waals surface area contributed by atoms with E-state index in [1.165, 1.54) is 12.8 Å². The zero-order valence-corrected chi connectivity index (χ0v) is 10.5. The molecule has 0 amide bonds. The van der Waals surface area contributed by atoms with Crippen LogP contribution >= 0.6 is 0 Å². The molecule has 6 heteroatoms. The lowest BCUT2D eigenvalue weighted by Gasteiger charge is -2.20. The molecule has 2 aromatic heterocycles. The smallest absolute Gasteiger partial charge is 0.238 e. The van der Waals surface area contributed by atoms with Gasteiger partial charge in [0.05, 0.1) is 0 Å². The minimum Gasteiger partial charge on any atom is -0.339 e. The van der Waals surface area contributed by atoms with Crippen LogP contribution in [-0.4, -0.2) is 25.2 Å². The molecule has 2 heterocycles. The van der Waals surface area contributed by atoms with E-state index in [0.29, 0.717) is 24.0 Å². The molecule has 1 saturated carbocycles. The van der Waals surface area contributed by atoms with Gasteiger partial charge in [-0.15, -0.1) is 0 Å². The Hall–Kier alpha value is -1.69. The second-order valence-electron chi connectivity index (χ2n) is 5.12. The fourth-order valence-electron chi connectivity index (χ4n) is 2.56. The summed E-state index contributed by atoms with van der Waals surface area (Å²) in [4.78, 5) is 8.58. The van der Waals surface area contributed by atoms with Gasteiger partial charge in [-0.05, 0) is 12.8 Å². The highest BCUT2D eigenvalue weighted by Crippen LogP contribution is 2.30. The van der Waals surface area contributed by atoms with Gasteiger partial charge in [-0.25, -0.2) is 4.98 Å². The maximum Gasteiger partial charge on any atom is 0.238 e. The van der Waals surface area contributed by atoms with Gasteiger partial charge in [0, 0.05) is 31.4 Å². The summed E-state index contributed by atoms with van der Waals surface area (Å²) in [5.74, 6) is 1.85. The summed E-state index contributed by atoms with van der Waals surface area (Å²) in [5.41, 5.74) is 6.14. The Labute approximate surface area is 105 Å². The second-order valence-corrected chi connectivity index (χ2v) is 5.12. The molecule has 0 bridgehead atoms. The fraction of sp³-hybridized carbons (Fsp3) is 0.583. The monoisotopic (exact) mass is 247 g/mol. The molecule has 18 heavy (non-hydrogen) atoms. The molecule has 0 aliphatic heterocycles. The van der Waals surface area contributed by atoms with Crippen LogP contribution in [0.4, 0.5) is 0 Å². The van der Waals surface area contributed by atoms with Crippen molar-refractivity contribution >= 4 is 0 Å². The molecule has 2 aromatic rings. The van der Waals surface area contributed by atoms with Crippen LogP contribution in [0.25, 0.3) is 11.6 Å². The zero-order chi connectivity index (χ0) is 12.6. The van der Waals surface area contributed by atoms with Gasteiger partial charge in [0.2, 0.25) is 11.7 Å². The maximum absolute atomic E-state index is 6.30. The van der Waals surface area contributed by atoms with Crippen LogP contribution in [0.3, 0.4) is 0 Å². The molecule has 1 fully saturated rings. The summed E-state index contributed by atoms with van der Waals surface area (Å²) in [5, 5.41) is 3.97. The van der Waals surface area contributed by atoms with Crippen LogP contribution in [0, 0.1) is 0 Å². The number of rotatable bonds is 3. The van der Waals surface area contributed by atoms with Crippen molar-refractivity contribution in [2.24, 2.45) is 12.8 Å². The first-order chi connectivity index (χ1) is 8.66. The molecule has 0 radical (unpaired) electrons.